The second-order valence-electron chi connectivity index (χ2n) is 5.43. The second kappa shape index (κ2) is 4.28. The van der Waals surface area contributed by atoms with Gasteiger partial charge in [0.05, 0.1) is 0 Å². The average Bonchev–Trinajstić information content (AvgIpc) is 2.26. The lowest BCUT2D eigenvalue weighted by Crippen LogP contribution is -2.43. The highest BCUT2D eigenvalue weighted by Gasteiger charge is 2.45. The minimum Gasteiger partial charge on any atom is -0.462 e. The smallest absolute Gasteiger partial charge is 0.302 e. The number of ketones is 1. The van der Waals surface area contributed by atoms with Crippen molar-refractivity contribution in [3.05, 3.63) is 11.1 Å². The third kappa shape index (κ3) is 2.03. The largest absolute Gasteiger partial charge is 0.462 e. The SMILES string of the molecule is CC(=O)OC1CCCC2=C(C)C(=O)CCC21C. The third-order valence-corrected chi connectivity index (χ3v) is 4.34. The van der Waals surface area contributed by atoms with E-state index < -0.39 is 0 Å². The van der Waals surface area contributed by atoms with E-state index in [9.17, 15) is 9.59 Å². The fourth-order valence-corrected chi connectivity index (χ4v) is 3.31. The van der Waals surface area contributed by atoms with E-state index in [1.54, 1.807) is 0 Å². The quantitative estimate of drug-likeness (QED) is 0.657. The molecule has 0 bridgehead atoms. The third-order valence-electron chi connectivity index (χ3n) is 4.34. The van der Waals surface area contributed by atoms with Crippen molar-refractivity contribution in [2.45, 2.75) is 59.0 Å². The van der Waals surface area contributed by atoms with E-state index in [0.717, 1.165) is 31.3 Å². The minimum absolute atomic E-state index is 0.0493. The first kappa shape index (κ1) is 12.3. The van der Waals surface area contributed by atoms with Crippen molar-refractivity contribution < 1.29 is 14.3 Å². The number of hydrogen-bond donors (Lipinski definition) is 0. The van der Waals surface area contributed by atoms with Crippen molar-refractivity contribution in [1.82, 2.24) is 0 Å². The molecule has 2 unspecified atom stereocenters. The summed E-state index contributed by atoms with van der Waals surface area (Å²) in [5, 5.41) is 0. The number of allylic oxidation sites excluding steroid dienone is 1. The van der Waals surface area contributed by atoms with Gasteiger partial charge in [-0.3, -0.25) is 9.59 Å². The number of carbonyl (C=O) groups is 2. The Bertz CT molecular complexity index is 394. The molecule has 0 heterocycles. The highest BCUT2D eigenvalue weighted by molar-refractivity contribution is 5.96. The van der Waals surface area contributed by atoms with Gasteiger partial charge >= 0.3 is 5.97 Å². The molecule has 0 radical (unpaired) electrons. The summed E-state index contributed by atoms with van der Waals surface area (Å²) in [6, 6.07) is 0. The Balaban J connectivity index is 2.35. The van der Waals surface area contributed by atoms with Crippen LogP contribution in [-0.4, -0.2) is 17.9 Å². The van der Waals surface area contributed by atoms with E-state index in [1.807, 2.05) is 6.92 Å². The molecule has 2 rings (SSSR count). The molecule has 3 heteroatoms. The van der Waals surface area contributed by atoms with Crippen LogP contribution in [0.1, 0.15) is 52.9 Å². The van der Waals surface area contributed by atoms with Crippen LogP contribution in [0.3, 0.4) is 0 Å². The number of carbonyl (C=O) groups excluding carboxylic acids is 2. The Labute approximate surface area is 102 Å². The van der Waals surface area contributed by atoms with Crippen molar-refractivity contribution in [2.24, 2.45) is 5.41 Å². The van der Waals surface area contributed by atoms with Gasteiger partial charge in [0.15, 0.2) is 5.78 Å². The standard InChI is InChI=1S/C14H20O3/c1-9-11-5-4-6-13(17-10(2)15)14(11,3)8-7-12(9)16/h13H,4-8H2,1-3H3. The first-order chi connectivity index (χ1) is 7.95. The van der Waals surface area contributed by atoms with Crippen LogP contribution in [0.15, 0.2) is 11.1 Å². The molecule has 0 aromatic rings. The number of ether oxygens (including phenoxy) is 1. The van der Waals surface area contributed by atoms with E-state index >= 15 is 0 Å². The van der Waals surface area contributed by atoms with E-state index in [1.165, 1.54) is 12.5 Å². The molecule has 0 spiro atoms. The number of Topliss-reactive ketones (excluding diaryl/α,β-unsaturated/α-hetero) is 1. The average molecular weight is 236 g/mol. The molecule has 94 valence electrons. The summed E-state index contributed by atoms with van der Waals surface area (Å²) in [6.07, 6.45) is 4.26. The minimum atomic E-state index is -0.216. The number of fused-ring (bicyclic) bond motifs is 1. The molecule has 17 heavy (non-hydrogen) atoms. The van der Waals surface area contributed by atoms with Gasteiger partial charge in [0.2, 0.25) is 0 Å². The van der Waals surface area contributed by atoms with Gasteiger partial charge < -0.3 is 4.74 Å². The van der Waals surface area contributed by atoms with Crippen molar-refractivity contribution >= 4 is 11.8 Å². The summed E-state index contributed by atoms with van der Waals surface area (Å²) in [5.41, 5.74) is 2.03. The Kier molecular flexibility index (Phi) is 3.11. The Morgan fingerprint density at radius 2 is 2.12 bits per heavy atom. The molecule has 0 amide bonds. The topological polar surface area (TPSA) is 43.4 Å². The van der Waals surface area contributed by atoms with E-state index in [4.69, 9.17) is 4.74 Å². The zero-order chi connectivity index (χ0) is 12.6. The molecule has 2 aliphatic rings. The van der Waals surface area contributed by atoms with Crippen LogP contribution in [0.4, 0.5) is 0 Å². The summed E-state index contributed by atoms with van der Waals surface area (Å²) >= 11 is 0. The molecule has 0 saturated heterocycles. The zero-order valence-electron chi connectivity index (χ0n) is 10.8. The lowest BCUT2D eigenvalue weighted by Gasteiger charge is -2.45. The molecule has 1 saturated carbocycles. The van der Waals surface area contributed by atoms with Crippen LogP contribution in [0.2, 0.25) is 0 Å². The summed E-state index contributed by atoms with van der Waals surface area (Å²) in [7, 11) is 0. The first-order valence-electron chi connectivity index (χ1n) is 6.36. The summed E-state index contributed by atoms with van der Waals surface area (Å²) in [6.45, 7) is 5.53. The van der Waals surface area contributed by atoms with Gasteiger partial charge in [-0.05, 0) is 38.2 Å². The maximum Gasteiger partial charge on any atom is 0.302 e. The first-order valence-corrected chi connectivity index (χ1v) is 6.36. The van der Waals surface area contributed by atoms with Gasteiger partial charge in [0.25, 0.3) is 0 Å². The normalized spacial score (nSPS) is 33.4. The van der Waals surface area contributed by atoms with Crippen molar-refractivity contribution in [3.63, 3.8) is 0 Å². The predicted molar refractivity (Wildman–Crippen MR) is 64.5 cm³/mol. The van der Waals surface area contributed by atoms with Gasteiger partial charge in [-0.25, -0.2) is 0 Å². The highest BCUT2D eigenvalue weighted by Crippen LogP contribution is 2.49. The van der Waals surface area contributed by atoms with Gasteiger partial charge in [-0.1, -0.05) is 12.5 Å². The van der Waals surface area contributed by atoms with Crippen molar-refractivity contribution in [1.29, 1.82) is 0 Å². The van der Waals surface area contributed by atoms with Crippen LogP contribution in [0, 0.1) is 5.41 Å². The van der Waals surface area contributed by atoms with E-state index in [0.29, 0.717) is 6.42 Å². The Morgan fingerprint density at radius 3 is 2.76 bits per heavy atom. The number of hydrogen-bond acceptors (Lipinski definition) is 3. The van der Waals surface area contributed by atoms with Gasteiger partial charge in [-0.2, -0.15) is 0 Å². The summed E-state index contributed by atoms with van der Waals surface area (Å²) in [5.74, 6) is 0.0491. The summed E-state index contributed by atoms with van der Waals surface area (Å²) < 4.78 is 5.46. The van der Waals surface area contributed by atoms with Crippen LogP contribution in [0.25, 0.3) is 0 Å². The molecule has 0 aliphatic heterocycles. The highest BCUT2D eigenvalue weighted by atomic mass is 16.5. The van der Waals surface area contributed by atoms with Crippen molar-refractivity contribution in [3.8, 4) is 0 Å². The molecule has 0 aromatic heterocycles. The molecule has 2 aliphatic carbocycles. The van der Waals surface area contributed by atoms with Crippen LogP contribution >= 0.6 is 0 Å². The van der Waals surface area contributed by atoms with Crippen molar-refractivity contribution in [2.75, 3.05) is 0 Å². The van der Waals surface area contributed by atoms with E-state index in [2.05, 4.69) is 6.92 Å². The molecule has 1 fully saturated rings. The molecule has 0 aromatic carbocycles. The molecular weight excluding hydrogens is 216 g/mol. The second-order valence-corrected chi connectivity index (χ2v) is 5.43. The van der Waals surface area contributed by atoms with Crippen LogP contribution < -0.4 is 0 Å². The Morgan fingerprint density at radius 1 is 1.41 bits per heavy atom. The van der Waals surface area contributed by atoms with Gasteiger partial charge in [0.1, 0.15) is 6.10 Å². The lowest BCUT2D eigenvalue weighted by atomic mass is 9.62. The molecule has 0 N–H and O–H groups in total. The van der Waals surface area contributed by atoms with Crippen LogP contribution in [-0.2, 0) is 14.3 Å². The molecule has 3 nitrogen and oxygen atoms in total. The monoisotopic (exact) mass is 236 g/mol. The number of rotatable bonds is 1. The van der Waals surface area contributed by atoms with E-state index in [-0.39, 0.29) is 23.3 Å². The molecular formula is C14H20O3. The summed E-state index contributed by atoms with van der Waals surface area (Å²) in [4.78, 5) is 22.9. The Hall–Kier alpha value is -1.12. The maximum absolute atomic E-state index is 11.8. The fraction of sp³-hybridized carbons (Fsp3) is 0.714. The van der Waals surface area contributed by atoms with Crippen LogP contribution in [0.5, 0.6) is 0 Å². The van der Waals surface area contributed by atoms with Gasteiger partial charge in [-0.15, -0.1) is 0 Å². The molecule has 2 atom stereocenters. The van der Waals surface area contributed by atoms with Gasteiger partial charge in [0, 0.05) is 18.8 Å². The zero-order valence-corrected chi connectivity index (χ0v) is 10.8. The maximum atomic E-state index is 11.8. The number of esters is 1. The fourth-order valence-electron chi connectivity index (χ4n) is 3.31. The lowest BCUT2D eigenvalue weighted by molar-refractivity contribution is -0.154. The predicted octanol–water partition coefficient (Wildman–Crippen LogP) is 2.79.